The van der Waals surface area contributed by atoms with Gasteiger partial charge in [0.05, 0.1) is 6.21 Å². The second-order valence-corrected chi connectivity index (χ2v) is 1.98. The number of halogens is 1. The van der Waals surface area contributed by atoms with Gasteiger partial charge in [-0.25, -0.2) is 4.39 Å². The van der Waals surface area contributed by atoms with Gasteiger partial charge >= 0.3 is 0 Å². The fraction of sp³-hybridized carbons (Fsp3) is 0. The summed E-state index contributed by atoms with van der Waals surface area (Å²) >= 11 is 0. The standard InChI is InChI=1S/C7H7FN2O/c8-6-1-2-7(11)5(3-6)4-10-9/h1-4,11H,9H2. The predicted molar refractivity (Wildman–Crippen MR) is 39.8 cm³/mol. The molecule has 3 nitrogen and oxygen atoms in total. The number of benzene rings is 1. The summed E-state index contributed by atoms with van der Waals surface area (Å²) < 4.78 is 12.5. The smallest absolute Gasteiger partial charge is 0.124 e. The van der Waals surface area contributed by atoms with Crippen molar-refractivity contribution in [2.75, 3.05) is 0 Å². The molecule has 0 aliphatic heterocycles. The van der Waals surface area contributed by atoms with E-state index in [9.17, 15) is 4.39 Å². The third-order valence-electron chi connectivity index (χ3n) is 1.20. The molecule has 1 rings (SSSR count). The van der Waals surface area contributed by atoms with Crippen LogP contribution in [0.3, 0.4) is 0 Å². The van der Waals surface area contributed by atoms with Gasteiger partial charge in [-0.15, -0.1) is 0 Å². The Morgan fingerprint density at radius 2 is 2.27 bits per heavy atom. The molecule has 0 aliphatic rings. The molecule has 0 unspecified atom stereocenters. The lowest BCUT2D eigenvalue weighted by Gasteiger charge is -1.96. The number of hydrogen-bond donors (Lipinski definition) is 2. The minimum absolute atomic E-state index is 0.0411. The Morgan fingerprint density at radius 3 is 2.91 bits per heavy atom. The zero-order valence-corrected chi connectivity index (χ0v) is 5.66. The maximum atomic E-state index is 12.5. The molecule has 0 aromatic heterocycles. The molecule has 0 amide bonds. The summed E-state index contributed by atoms with van der Waals surface area (Å²) in [4.78, 5) is 0. The molecule has 11 heavy (non-hydrogen) atoms. The van der Waals surface area contributed by atoms with Crippen molar-refractivity contribution in [3.8, 4) is 5.75 Å². The highest BCUT2D eigenvalue weighted by Gasteiger charge is 1.98. The van der Waals surface area contributed by atoms with E-state index in [4.69, 9.17) is 10.9 Å². The van der Waals surface area contributed by atoms with Crippen LogP contribution in [0.25, 0.3) is 0 Å². The van der Waals surface area contributed by atoms with Crippen LogP contribution >= 0.6 is 0 Å². The van der Waals surface area contributed by atoms with E-state index in [2.05, 4.69) is 5.10 Å². The number of nitrogens with zero attached hydrogens (tertiary/aromatic N) is 1. The number of phenolic OH excluding ortho intramolecular Hbond substituents is 1. The average Bonchev–Trinajstić information content (AvgIpc) is 1.98. The normalized spacial score (nSPS) is 10.6. The molecular weight excluding hydrogens is 147 g/mol. The van der Waals surface area contributed by atoms with Crippen LogP contribution in [-0.4, -0.2) is 11.3 Å². The van der Waals surface area contributed by atoms with E-state index >= 15 is 0 Å². The number of nitrogens with two attached hydrogens (primary N) is 1. The van der Waals surface area contributed by atoms with Gasteiger partial charge in [0.25, 0.3) is 0 Å². The summed E-state index contributed by atoms with van der Waals surface area (Å²) in [5.74, 6) is 4.34. The Morgan fingerprint density at radius 1 is 1.55 bits per heavy atom. The van der Waals surface area contributed by atoms with Crippen LogP contribution in [0.1, 0.15) is 5.56 Å². The Hall–Kier alpha value is -1.58. The second-order valence-electron chi connectivity index (χ2n) is 1.98. The first-order valence-electron chi connectivity index (χ1n) is 2.96. The van der Waals surface area contributed by atoms with Gasteiger partial charge in [-0.3, -0.25) is 0 Å². The second kappa shape index (κ2) is 3.01. The zero-order valence-electron chi connectivity index (χ0n) is 5.66. The zero-order chi connectivity index (χ0) is 8.27. The summed E-state index contributed by atoms with van der Waals surface area (Å²) in [5, 5.41) is 12.2. The van der Waals surface area contributed by atoms with Crippen molar-refractivity contribution >= 4 is 6.21 Å². The summed E-state index contributed by atoms with van der Waals surface area (Å²) in [5.41, 5.74) is 0.271. The van der Waals surface area contributed by atoms with Gasteiger partial charge in [-0.1, -0.05) is 0 Å². The van der Waals surface area contributed by atoms with Crippen LogP contribution in [0.5, 0.6) is 5.75 Å². The van der Waals surface area contributed by atoms with Crippen molar-refractivity contribution in [1.29, 1.82) is 0 Å². The Balaban J connectivity index is 3.12. The molecule has 0 heterocycles. The Labute approximate surface area is 63.0 Å². The van der Waals surface area contributed by atoms with Gasteiger partial charge in [0.1, 0.15) is 11.6 Å². The highest BCUT2D eigenvalue weighted by Crippen LogP contribution is 2.14. The first-order valence-corrected chi connectivity index (χ1v) is 2.96. The Kier molecular flexibility index (Phi) is 2.06. The molecule has 0 radical (unpaired) electrons. The van der Waals surface area contributed by atoms with Crippen molar-refractivity contribution in [2.24, 2.45) is 10.9 Å². The molecule has 4 heteroatoms. The summed E-state index contributed by atoms with van der Waals surface area (Å²) in [6.07, 6.45) is 1.18. The van der Waals surface area contributed by atoms with Crippen LogP contribution in [0, 0.1) is 5.82 Å². The molecule has 0 atom stereocenters. The van der Waals surface area contributed by atoms with Crippen molar-refractivity contribution in [3.05, 3.63) is 29.6 Å². The molecule has 0 spiro atoms. The largest absolute Gasteiger partial charge is 0.507 e. The van der Waals surface area contributed by atoms with Crippen molar-refractivity contribution in [2.45, 2.75) is 0 Å². The first-order chi connectivity index (χ1) is 5.24. The third kappa shape index (κ3) is 1.67. The van der Waals surface area contributed by atoms with Gasteiger partial charge in [0, 0.05) is 5.56 Å². The molecule has 0 fully saturated rings. The lowest BCUT2D eigenvalue weighted by Crippen LogP contribution is -1.88. The summed E-state index contributed by atoms with van der Waals surface area (Å²) in [6.45, 7) is 0. The van der Waals surface area contributed by atoms with Crippen LogP contribution in [-0.2, 0) is 0 Å². The average molecular weight is 154 g/mol. The van der Waals surface area contributed by atoms with Crippen LogP contribution in [0.15, 0.2) is 23.3 Å². The van der Waals surface area contributed by atoms with E-state index in [1.165, 1.54) is 12.3 Å². The molecule has 0 saturated heterocycles. The Bertz CT molecular complexity index is 286. The quantitative estimate of drug-likeness (QED) is 0.357. The van der Waals surface area contributed by atoms with Gasteiger partial charge in [0.15, 0.2) is 0 Å². The molecule has 3 N–H and O–H groups in total. The van der Waals surface area contributed by atoms with Gasteiger partial charge in [-0.2, -0.15) is 5.10 Å². The molecular formula is C7H7FN2O. The van der Waals surface area contributed by atoms with E-state index in [1.807, 2.05) is 0 Å². The summed E-state index contributed by atoms with van der Waals surface area (Å²) in [6, 6.07) is 3.54. The van der Waals surface area contributed by atoms with Crippen molar-refractivity contribution in [3.63, 3.8) is 0 Å². The lowest BCUT2D eigenvalue weighted by molar-refractivity contribution is 0.472. The van der Waals surface area contributed by atoms with Crippen LogP contribution in [0.4, 0.5) is 4.39 Å². The fourth-order valence-electron chi connectivity index (χ4n) is 0.709. The minimum atomic E-state index is -0.433. The highest BCUT2D eigenvalue weighted by molar-refractivity contribution is 5.82. The molecule has 0 aliphatic carbocycles. The van der Waals surface area contributed by atoms with Crippen LogP contribution in [0.2, 0.25) is 0 Å². The van der Waals surface area contributed by atoms with E-state index < -0.39 is 5.82 Å². The first kappa shape index (κ1) is 7.53. The molecule has 0 saturated carbocycles. The van der Waals surface area contributed by atoms with E-state index in [-0.39, 0.29) is 11.3 Å². The van der Waals surface area contributed by atoms with Gasteiger partial charge in [0.2, 0.25) is 0 Å². The molecule has 58 valence electrons. The van der Waals surface area contributed by atoms with Crippen LogP contribution < -0.4 is 5.84 Å². The third-order valence-corrected chi connectivity index (χ3v) is 1.20. The predicted octanol–water partition coefficient (Wildman–Crippen LogP) is 0.824. The number of aromatic hydroxyl groups is 1. The maximum absolute atomic E-state index is 12.5. The molecule has 1 aromatic rings. The number of hydrogen-bond acceptors (Lipinski definition) is 3. The van der Waals surface area contributed by atoms with E-state index in [0.29, 0.717) is 0 Å². The SMILES string of the molecule is NN=Cc1cc(F)ccc1O. The van der Waals surface area contributed by atoms with Gasteiger partial charge < -0.3 is 10.9 Å². The minimum Gasteiger partial charge on any atom is -0.507 e. The van der Waals surface area contributed by atoms with Crippen molar-refractivity contribution < 1.29 is 9.50 Å². The number of hydrazone groups is 1. The van der Waals surface area contributed by atoms with Crippen molar-refractivity contribution in [1.82, 2.24) is 0 Å². The molecule has 1 aromatic carbocycles. The van der Waals surface area contributed by atoms with Gasteiger partial charge in [-0.05, 0) is 18.2 Å². The topological polar surface area (TPSA) is 58.6 Å². The number of rotatable bonds is 1. The number of phenols is 1. The van der Waals surface area contributed by atoms with E-state index in [1.54, 1.807) is 0 Å². The lowest BCUT2D eigenvalue weighted by atomic mass is 10.2. The molecule has 0 bridgehead atoms. The highest BCUT2D eigenvalue weighted by atomic mass is 19.1. The van der Waals surface area contributed by atoms with E-state index in [0.717, 1.165) is 12.1 Å². The maximum Gasteiger partial charge on any atom is 0.124 e. The fourth-order valence-corrected chi connectivity index (χ4v) is 0.709. The summed E-state index contributed by atoms with van der Waals surface area (Å²) in [7, 11) is 0. The monoisotopic (exact) mass is 154 g/mol.